The van der Waals surface area contributed by atoms with Crippen molar-refractivity contribution in [2.24, 2.45) is 0 Å². The Hall–Kier alpha value is -2.04. The smallest absolute Gasteiger partial charge is 0.410 e. The van der Waals surface area contributed by atoms with Gasteiger partial charge >= 0.3 is 12.1 Å². The first-order chi connectivity index (χ1) is 11.3. The summed E-state index contributed by atoms with van der Waals surface area (Å²) in [5.41, 5.74) is 1.03. The van der Waals surface area contributed by atoms with Crippen LogP contribution in [0.15, 0.2) is 24.3 Å². The van der Waals surface area contributed by atoms with Crippen molar-refractivity contribution in [2.45, 2.75) is 52.1 Å². The van der Waals surface area contributed by atoms with Crippen LogP contribution >= 0.6 is 0 Å². The van der Waals surface area contributed by atoms with Gasteiger partial charge in [0.05, 0.1) is 12.2 Å². The molecule has 132 valence electrons. The summed E-state index contributed by atoms with van der Waals surface area (Å²) in [6, 6.07) is 7.50. The summed E-state index contributed by atoms with van der Waals surface area (Å²) in [6.07, 6.45) is 1.54. The van der Waals surface area contributed by atoms with Crippen molar-refractivity contribution < 1.29 is 19.1 Å². The summed E-state index contributed by atoms with van der Waals surface area (Å²) in [5.74, 6) is -0.186. The van der Waals surface area contributed by atoms with Gasteiger partial charge in [0.25, 0.3) is 0 Å². The number of amides is 1. The van der Waals surface area contributed by atoms with Gasteiger partial charge in [-0.05, 0) is 52.2 Å². The number of piperidine rings is 1. The van der Waals surface area contributed by atoms with Crippen molar-refractivity contribution in [3.05, 3.63) is 35.4 Å². The molecule has 1 fully saturated rings. The second kappa shape index (κ2) is 7.69. The fourth-order valence-electron chi connectivity index (χ4n) is 2.97. The van der Waals surface area contributed by atoms with Crippen molar-refractivity contribution in [2.75, 3.05) is 19.7 Å². The Balaban J connectivity index is 2.15. The topological polar surface area (TPSA) is 55.8 Å². The maximum atomic E-state index is 12.3. The standard InChI is InChI=1S/C19H27NO4/c1-5-23-17(21)16-11-7-6-10-15(16)14-9-8-12-20(13-14)18(22)24-19(2,3)4/h6-7,10-11,14H,5,8-9,12-13H2,1-4H3. The second-order valence-corrected chi connectivity index (χ2v) is 7.07. The first kappa shape index (κ1) is 18.3. The van der Waals surface area contributed by atoms with Crippen LogP contribution in [0.4, 0.5) is 4.79 Å². The molecule has 1 amide bonds. The molecule has 1 unspecified atom stereocenters. The molecule has 2 rings (SSSR count). The van der Waals surface area contributed by atoms with Crippen LogP contribution in [0.5, 0.6) is 0 Å². The van der Waals surface area contributed by atoms with Crippen molar-refractivity contribution in [3.63, 3.8) is 0 Å². The van der Waals surface area contributed by atoms with Gasteiger partial charge < -0.3 is 14.4 Å². The molecule has 1 atom stereocenters. The lowest BCUT2D eigenvalue weighted by molar-refractivity contribution is 0.0198. The van der Waals surface area contributed by atoms with Gasteiger partial charge in [-0.25, -0.2) is 9.59 Å². The molecule has 5 heteroatoms. The molecule has 0 spiro atoms. The van der Waals surface area contributed by atoms with Crippen LogP contribution in [-0.4, -0.2) is 42.3 Å². The van der Waals surface area contributed by atoms with Gasteiger partial charge in [0, 0.05) is 19.0 Å². The number of benzene rings is 1. The summed E-state index contributed by atoms with van der Waals surface area (Å²) >= 11 is 0. The van der Waals surface area contributed by atoms with Crippen LogP contribution in [0, 0.1) is 0 Å². The average molecular weight is 333 g/mol. The number of carbonyl (C=O) groups is 2. The van der Waals surface area contributed by atoms with Gasteiger partial charge in [-0.3, -0.25) is 0 Å². The molecule has 1 heterocycles. The summed E-state index contributed by atoms with van der Waals surface area (Å²) in [6.45, 7) is 8.98. The Morgan fingerprint density at radius 3 is 2.62 bits per heavy atom. The Morgan fingerprint density at radius 1 is 1.25 bits per heavy atom. The zero-order valence-electron chi connectivity index (χ0n) is 15.0. The third-order valence-corrected chi connectivity index (χ3v) is 3.97. The van der Waals surface area contributed by atoms with Gasteiger partial charge in [0.1, 0.15) is 5.60 Å². The molecule has 1 saturated heterocycles. The molecule has 1 aromatic rings. The summed E-state index contributed by atoms with van der Waals surface area (Å²) in [7, 11) is 0. The van der Waals surface area contributed by atoms with Gasteiger partial charge in [-0.1, -0.05) is 18.2 Å². The molecule has 0 saturated carbocycles. The second-order valence-electron chi connectivity index (χ2n) is 7.07. The highest BCUT2D eigenvalue weighted by Gasteiger charge is 2.30. The van der Waals surface area contributed by atoms with E-state index in [1.54, 1.807) is 17.9 Å². The van der Waals surface area contributed by atoms with E-state index >= 15 is 0 Å². The van der Waals surface area contributed by atoms with Crippen LogP contribution in [0.2, 0.25) is 0 Å². The van der Waals surface area contributed by atoms with E-state index < -0.39 is 5.60 Å². The Labute approximate surface area is 143 Å². The largest absolute Gasteiger partial charge is 0.462 e. The fourth-order valence-corrected chi connectivity index (χ4v) is 2.97. The Kier molecular flexibility index (Phi) is 5.86. The summed E-state index contributed by atoms with van der Waals surface area (Å²) in [5, 5.41) is 0. The van der Waals surface area contributed by atoms with E-state index in [0.29, 0.717) is 25.3 Å². The van der Waals surface area contributed by atoms with E-state index in [-0.39, 0.29) is 18.0 Å². The first-order valence-corrected chi connectivity index (χ1v) is 8.55. The maximum absolute atomic E-state index is 12.3. The number of ether oxygens (including phenoxy) is 2. The molecule has 0 bridgehead atoms. The quantitative estimate of drug-likeness (QED) is 0.785. The molecule has 0 radical (unpaired) electrons. The Morgan fingerprint density at radius 2 is 1.96 bits per heavy atom. The van der Waals surface area contributed by atoms with E-state index in [1.807, 2.05) is 39.0 Å². The monoisotopic (exact) mass is 333 g/mol. The molecular formula is C19H27NO4. The predicted molar refractivity (Wildman–Crippen MR) is 92.2 cm³/mol. The normalized spacial score (nSPS) is 18.2. The highest BCUT2D eigenvalue weighted by molar-refractivity contribution is 5.91. The molecule has 0 aromatic heterocycles. The SMILES string of the molecule is CCOC(=O)c1ccccc1C1CCCN(C(=O)OC(C)(C)C)C1. The number of likely N-dealkylation sites (tertiary alicyclic amines) is 1. The van der Waals surface area contributed by atoms with Crippen LogP contribution in [0.3, 0.4) is 0 Å². The van der Waals surface area contributed by atoms with E-state index in [1.165, 1.54) is 0 Å². The number of hydrogen-bond donors (Lipinski definition) is 0. The lowest BCUT2D eigenvalue weighted by Crippen LogP contribution is -2.42. The lowest BCUT2D eigenvalue weighted by Gasteiger charge is -2.34. The van der Waals surface area contributed by atoms with Crippen LogP contribution < -0.4 is 0 Å². The van der Waals surface area contributed by atoms with Crippen molar-refractivity contribution in [3.8, 4) is 0 Å². The number of nitrogens with zero attached hydrogens (tertiary/aromatic N) is 1. The van der Waals surface area contributed by atoms with Gasteiger partial charge in [-0.15, -0.1) is 0 Å². The third-order valence-electron chi connectivity index (χ3n) is 3.97. The first-order valence-electron chi connectivity index (χ1n) is 8.55. The molecular weight excluding hydrogens is 306 g/mol. The molecule has 1 aliphatic rings. The third kappa shape index (κ3) is 4.73. The van der Waals surface area contributed by atoms with E-state index in [0.717, 1.165) is 18.4 Å². The summed E-state index contributed by atoms with van der Waals surface area (Å²) < 4.78 is 10.6. The molecule has 0 N–H and O–H groups in total. The van der Waals surface area contributed by atoms with Crippen molar-refractivity contribution in [1.29, 1.82) is 0 Å². The van der Waals surface area contributed by atoms with Crippen LogP contribution in [0.1, 0.15) is 62.4 Å². The minimum atomic E-state index is -0.507. The van der Waals surface area contributed by atoms with E-state index in [9.17, 15) is 9.59 Å². The molecule has 1 aromatic carbocycles. The average Bonchev–Trinajstić information content (AvgIpc) is 2.53. The minimum absolute atomic E-state index is 0.117. The van der Waals surface area contributed by atoms with Crippen molar-refractivity contribution >= 4 is 12.1 Å². The highest BCUT2D eigenvalue weighted by Crippen LogP contribution is 2.30. The summed E-state index contributed by atoms with van der Waals surface area (Å²) in [4.78, 5) is 26.2. The molecule has 0 aliphatic carbocycles. The number of esters is 1. The fraction of sp³-hybridized carbons (Fsp3) is 0.579. The van der Waals surface area contributed by atoms with Crippen LogP contribution in [0.25, 0.3) is 0 Å². The number of hydrogen-bond acceptors (Lipinski definition) is 4. The van der Waals surface area contributed by atoms with E-state index in [2.05, 4.69) is 0 Å². The highest BCUT2D eigenvalue weighted by atomic mass is 16.6. The van der Waals surface area contributed by atoms with Crippen LogP contribution in [-0.2, 0) is 9.47 Å². The van der Waals surface area contributed by atoms with Gasteiger partial charge in [0.15, 0.2) is 0 Å². The zero-order valence-corrected chi connectivity index (χ0v) is 15.0. The predicted octanol–water partition coefficient (Wildman–Crippen LogP) is 3.98. The number of rotatable bonds is 3. The molecule has 1 aliphatic heterocycles. The van der Waals surface area contributed by atoms with Gasteiger partial charge in [-0.2, -0.15) is 0 Å². The van der Waals surface area contributed by atoms with Crippen molar-refractivity contribution in [1.82, 2.24) is 4.90 Å². The zero-order chi connectivity index (χ0) is 17.7. The van der Waals surface area contributed by atoms with E-state index in [4.69, 9.17) is 9.47 Å². The Bertz CT molecular complexity index is 591. The number of carbonyl (C=O) groups excluding carboxylic acids is 2. The molecule has 5 nitrogen and oxygen atoms in total. The maximum Gasteiger partial charge on any atom is 0.410 e. The van der Waals surface area contributed by atoms with Gasteiger partial charge in [0.2, 0.25) is 0 Å². The lowest BCUT2D eigenvalue weighted by atomic mass is 9.87. The minimum Gasteiger partial charge on any atom is -0.462 e. The molecule has 24 heavy (non-hydrogen) atoms.